The zero-order chi connectivity index (χ0) is 17.8. The van der Waals surface area contributed by atoms with Crippen molar-refractivity contribution in [1.29, 1.82) is 0 Å². The van der Waals surface area contributed by atoms with Crippen LogP contribution in [0.15, 0.2) is 42.5 Å². The fourth-order valence-electron chi connectivity index (χ4n) is 3.69. The van der Waals surface area contributed by atoms with Crippen molar-refractivity contribution < 1.29 is 0 Å². The van der Waals surface area contributed by atoms with Crippen molar-refractivity contribution in [3.05, 3.63) is 48.0 Å². The van der Waals surface area contributed by atoms with Gasteiger partial charge in [-0.3, -0.25) is 10.3 Å². The van der Waals surface area contributed by atoms with Gasteiger partial charge in [0.05, 0.1) is 5.69 Å². The summed E-state index contributed by atoms with van der Waals surface area (Å²) in [6, 6.07) is 15.6. The van der Waals surface area contributed by atoms with Crippen LogP contribution in [0.4, 0.5) is 5.82 Å². The molecule has 0 spiro atoms. The maximum absolute atomic E-state index is 5.78. The smallest absolute Gasteiger partial charge is 0.124 e. The summed E-state index contributed by atoms with van der Waals surface area (Å²) in [6.45, 7) is 7.86. The van der Waals surface area contributed by atoms with Crippen molar-refractivity contribution >= 4 is 5.82 Å². The summed E-state index contributed by atoms with van der Waals surface area (Å²) in [5, 5.41) is 2.30. The number of nitrogens with zero attached hydrogens (tertiary/aromatic N) is 3. The van der Waals surface area contributed by atoms with Gasteiger partial charge in [-0.1, -0.05) is 30.3 Å². The monoisotopic (exact) mass is 339 g/mol. The second kappa shape index (κ2) is 7.95. The fraction of sp³-hybridized carbons (Fsp3) is 0.450. The van der Waals surface area contributed by atoms with Gasteiger partial charge in [0.2, 0.25) is 0 Å². The van der Waals surface area contributed by atoms with Crippen LogP contribution in [0.2, 0.25) is 0 Å². The molecule has 3 rings (SSSR count). The summed E-state index contributed by atoms with van der Waals surface area (Å²) in [4.78, 5) is 7.00. The van der Waals surface area contributed by atoms with Crippen molar-refractivity contribution in [3.63, 3.8) is 0 Å². The van der Waals surface area contributed by atoms with Gasteiger partial charge in [-0.15, -0.1) is 0 Å². The molecule has 5 nitrogen and oxygen atoms in total. The second-order valence-electron chi connectivity index (χ2n) is 6.96. The van der Waals surface area contributed by atoms with Crippen molar-refractivity contribution in [1.82, 2.24) is 20.3 Å². The number of rotatable bonds is 5. The molecule has 2 atom stereocenters. The van der Waals surface area contributed by atoms with E-state index in [2.05, 4.69) is 58.4 Å². The van der Waals surface area contributed by atoms with E-state index in [-0.39, 0.29) is 0 Å². The van der Waals surface area contributed by atoms with Crippen LogP contribution in [-0.4, -0.2) is 53.7 Å². The maximum atomic E-state index is 5.78. The minimum Gasteiger partial charge on any atom is -0.384 e. The number of nitrogen functional groups attached to an aromatic ring is 1. The highest BCUT2D eigenvalue weighted by Gasteiger charge is 2.28. The van der Waals surface area contributed by atoms with Gasteiger partial charge in [-0.25, -0.2) is 9.99 Å². The minimum absolute atomic E-state index is 0.560. The number of piperazine rings is 1. The average Bonchev–Trinajstić information content (AvgIpc) is 2.61. The Bertz CT molecular complexity index is 673. The van der Waals surface area contributed by atoms with Crippen LogP contribution in [0.5, 0.6) is 0 Å². The zero-order valence-corrected chi connectivity index (χ0v) is 15.4. The summed E-state index contributed by atoms with van der Waals surface area (Å²) in [6.07, 6.45) is 1.07. The van der Waals surface area contributed by atoms with Crippen molar-refractivity contribution in [2.75, 3.05) is 32.4 Å². The number of anilines is 1. The molecule has 0 amide bonds. The molecule has 0 aliphatic carbocycles. The average molecular weight is 339 g/mol. The topological polar surface area (TPSA) is 57.4 Å². The lowest BCUT2D eigenvalue weighted by Gasteiger charge is -2.44. The first-order chi connectivity index (χ1) is 12.1. The van der Waals surface area contributed by atoms with Crippen LogP contribution in [0.1, 0.15) is 19.4 Å². The molecule has 25 heavy (non-hydrogen) atoms. The third kappa shape index (κ3) is 4.37. The SMILES string of the molecule is CNN1CC(C)N(CCc2ccc(-c3cccc(N)n3)cc2)C(C)C1. The first kappa shape index (κ1) is 17.9. The van der Waals surface area contributed by atoms with E-state index in [9.17, 15) is 0 Å². The van der Waals surface area contributed by atoms with Crippen molar-refractivity contribution in [2.24, 2.45) is 0 Å². The Balaban J connectivity index is 1.60. The molecule has 0 bridgehead atoms. The molecule has 2 aromatic rings. The molecular weight excluding hydrogens is 310 g/mol. The molecule has 5 heteroatoms. The van der Waals surface area contributed by atoms with Gasteiger partial charge >= 0.3 is 0 Å². The Morgan fingerprint density at radius 1 is 1.08 bits per heavy atom. The van der Waals surface area contributed by atoms with Crippen LogP contribution >= 0.6 is 0 Å². The van der Waals surface area contributed by atoms with Crippen LogP contribution in [0.25, 0.3) is 11.3 Å². The summed E-state index contributed by atoms with van der Waals surface area (Å²) >= 11 is 0. The van der Waals surface area contributed by atoms with E-state index in [4.69, 9.17) is 5.73 Å². The molecule has 1 fully saturated rings. The molecule has 0 radical (unpaired) electrons. The standard InChI is InChI=1S/C20H29N5/c1-15-13-24(22-3)14-16(2)25(15)12-11-17-7-9-18(10-8-17)19-5-4-6-20(21)23-19/h4-10,15-16,22H,11-14H2,1-3H3,(H2,21,23). The van der Waals surface area contributed by atoms with Gasteiger partial charge in [0.15, 0.2) is 0 Å². The molecule has 134 valence electrons. The summed E-state index contributed by atoms with van der Waals surface area (Å²) < 4.78 is 0. The van der Waals surface area contributed by atoms with Gasteiger partial charge < -0.3 is 5.73 Å². The van der Waals surface area contributed by atoms with E-state index >= 15 is 0 Å². The van der Waals surface area contributed by atoms with E-state index in [1.165, 1.54) is 5.56 Å². The fourth-order valence-corrected chi connectivity index (χ4v) is 3.69. The van der Waals surface area contributed by atoms with Gasteiger partial charge in [0, 0.05) is 37.3 Å². The molecule has 1 aliphatic heterocycles. The number of nitrogens with two attached hydrogens (primary N) is 1. The maximum Gasteiger partial charge on any atom is 0.124 e. The van der Waals surface area contributed by atoms with E-state index in [1.807, 2.05) is 25.2 Å². The molecule has 1 saturated heterocycles. The van der Waals surface area contributed by atoms with E-state index < -0.39 is 0 Å². The molecule has 1 aliphatic rings. The number of hydrogen-bond donors (Lipinski definition) is 2. The molecule has 2 unspecified atom stereocenters. The number of benzene rings is 1. The quantitative estimate of drug-likeness (QED) is 0.876. The van der Waals surface area contributed by atoms with Crippen LogP contribution in [0, 0.1) is 0 Å². The minimum atomic E-state index is 0.560. The molecule has 1 aromatic carbocycles. The molecule has 2 heterocycles. The highest BCUT2D eigenvalue weighted by molar-refractivity contribution is 5.61. The highest BCUT2D eigenvalue weighted by atomic mass is 15.5. The Labute approximate surface area is 150 Å². The van der Waals surface area contributed by atoms with Crippen LogP contribution in [-0.2, 0) is 6.42 Å². The number of hydrazine groups is 1. The number of nitrogens with one attached hydrogen (secondary N) is 1. The lowest BCUT2D eigenvalue weighted by molar-refractivity contribution is 0.0176. The summed E-state index contributed by atoms with van der Waals surface area (Å²) in [5.41, 5.74) is 12.5. The van der Waals surface area contributed by atoms with Crippen molar-refractivity contribution in [2.45, 2.75) is 32.4 Å². The number of aromatic nitrogens is 1. The highest BCUT2D eigenvalue weighted by Crippen LogP contribution is 2.20. The van der Waals surface area contributed by atoms with Crippen LogP contribution < -0.4 is 11.2 Å². The van der Waals surface area contributed by atoms with Gasteiger partial charge in [0.25, 0.3) is 0 Å². The third-order valence-electron chi connectivity index (χ3n) is 5.10. The molecule has 3 N–H and O–H groups in total. The predicted octanol–water partition coefficient (Wildman–Crippen LogP) is 2.40. The Hall–Kier alpha value is -1.95. The molecule has 1 aromatic heterocycles. The first-order valence-corrected chi connectivity index (χ1v) is 9.06. The van der Waals surface area contributed by atoms with Gasteiger partial charge in [-0.2, -0.15) is 0 Å². The zero-order valence-electron chi connectivity index (χ0n) is 15.4. The lowest BCUT2D eigenvalue weighted by Crippen LogP contribution is -2.59. The normalized spacial score (nSPS) is 22.2. The largest absolute Gasteiger partial charge is 0.384 e. The second-order valence-corrected chi connectivity index (χ2v) is 6.96. The first-order valence-electron chi connectivity index (χ1n) is 9.06. The summed E-state index contributed by atoms with van der Waals surface area (Å²) in [5.74, 6) is 0.560. The third-order valence-corrected chi connectivity index (χ3v) is 5.10. The van der Waals surface area contributed by atoms with E-state index in [0.717, 1.165) is 37.3 Å². The lowest BCUT2D eigenvalue weighted by atomic mass is 10.0. The van der Waals surface area contributed by atoms with Crippen LogP contribution in [0.3, 0.4) is 0 Å². The van der Waals surface area contributed by atoms with Gasteiger partial charge in [0.1, 0.15) is 5.82 Å². The van der Waals surface area contributed by atoms with E-state index in [0.29, 0.717) is 17.9 Å². The Morgan fingerprint density at radius 3 is 2.36 bits per heavy atom. The number of pyridine rings is 1. The van der Waals surface area contributed by atoms with E-state index in [1.54, 1.807) is 0 Å². The van der Waals surface area contributed by atoms with Crippen molar-refractivity contribution in [3.8, 4) is 11.3 Å². The van der Waals surface area contributed by atoms with Gasteiger partial charge in [-0.05, 0) is 45.0 Å². The summed E-state index contributed by atoms with van der Waals surface area (Å²) in [7, 11) is 2.01. The molecular formula is C20H29N5. The molecule has 0 saturated carbocycles. The Kier molecular flexibility index (Phi) is 5.68. The Morgan fingerprint density at radius 2 is 1.76 bits per heavy atom. The predicted molar refractivity (Wildman–Crippen MR) is 104 cm³/mol. The number of hydrogen-bond acceptors (Lipinski definition) is 5.